The van der Waals surface area contributed by atoms with Gasteiger partial charge in [0, 0.05) is 35.7 Å². The van der Waals surface area contributed by atoms with Crippen LogP contribution in [0.25, 0.3) is 0 Å². The summed E-state index contributed by atoms with van der Waals surface area (Å²) in [5.74, 6) is -3.60. The highest BCUT2D eigenvalue weighted by atomic mass is 32.1. The molecule has 0 aliphatic rings. The van der Waals surface area contributed by atoms with E-state index in [-0.39, 0.29) is 12.5 Å². The van der Waals surface area contributed by atoms with Gasteiger partial charge in [-0.05, 0) is 6.92 Å². The molecule has 0 saturated heterocycles. The molecule has 0 aliphatic carbocycles. The molecular weight excluding hydrogens is 315 g/mol. The zero-order chi connectivity index (χ0) is 16.3. The number of nitrogens with zero attached hydrogens (tertiary/aromatic N) is 1. The normalized spacial score (nSPS) is 12.0. The lowest BCUT2D eigenvalue weighted by atomic mass is 10.2. The molecule has 22 heavy (non-hydrogen) atoms. The van der Waals surface area contributed by atoms with Crippen LogP contribution in [0.15, 0.2) is 17.5 Å². The first-order chi connectivity index (χ1) is 10.4. The van der Waals surface area contributed by atoms with E-state index in [1.165, 1.54) is 11.3 Å². The molecule has 2 amide bonds. The third-order valence-electron chi connectivity index (χ3n) is 2.89. The third-order valence-corrected chi connectivity index (χ3v) is 4.08. The Labute approximate surface area is 129 Å². The van der Waals surface area contributed by atoms with Gasteiger partial charge in [-0.15, -0.1) is 11.3 Å². The second-order valence-corrected chi connectivity index (χ2v) is 5.70. The van der Waals surface area contributed by atoms with Crippen molar-refractivity contribution in [3.63, 3.8) is 0 Å². The van der Waals surface area contributed by atoms with Gasteiger partial charge in [0.2, 0.25) is 0 Å². The lowest BCUT2D eigenvalue weighted by molar-refractivity contribution is 0.251. The Bertz CT molecular complexity index is 690. The number of hydrogen-bond acceptors (Lipinski definition) is 3. The van der Waals surface area contributed by atoms with Crippen molar-refractivity contribution >= 4 is 23.1 Å². The van der Waals surface area contributed by atoms with E-state index < -0.39 is 29.2 Å². The molecule has 0 unspecified atom stereocenters. The number of thiazole rings is 1. The zero-order valence-corrected chi connectivity index (χ0v) is 12.7. The monoisotopic (exact) mass is 329 g/mol. The molecule has 1 aromatic carbocycles. The van der Waals surface area contributed by atoms with Crippen LogP contribution >= 0.6 is 11.3 Å². The fourth-order valence-electron chi connectivity index (χ4n) is 1.72. The standard InChI is InChI=1S/C14H14F3N3OS/c1-7(13-19-8(2)6-22-13)5-18-14(21)20-12-4-10(16)9(15)3-11(12)17/h3-4,6-7H,5H2,1-2H3,(H2,18,20,21)/t7-/m1/s1. The van der Waals surface area contributed by atoms with Crippen LogP contribution in [0.2, 0.25) is 0 Å². The van der Waals surface area contributed by atoms with Gasteiger partial charge in [-0.3, -0.25) is 0 Å². The second-order valence-electron chi connectivity index (χ2n) is 4.81. The number of urea groups is 1. The lowest BCUT2D eigenvalue weighted by Gasteiger charge is -2.12. The Morgan fingerprint density at radius 2 is 1.95 bits per heavy atom. The average molecular weight is 329 g/mol. The molecule has 0 bridgehead atoms. The van der Waals surface area contributed by atoms with Crippen molar-refractivity contribution in [3.05, 3.63) is 45.7 Å². The molecule has 2 aromatic rings. The number of halogens is 3. The average Bonchev–Trinajstić information content (AvgIpc) is 2.89. The number of amides is 2. The van der Waals surface area contributed by atoms with Crippen molar-refractivity contribution in [3.8, 4) is 0 Å². The maximum Gasteiger partial charge on any atom is 0.319 e. The number of aryl methyl sites for hydroxylation is 1. The lowest BCUT2D eigenvalue weighted by Crippen LogP contribution is -2.32. The van der Waals surface area contributed by atoms with E-state index in [1.807, 2.05) is 19.2 Å². The molecule has 8 heteroatoms. The summed E-state index contributed by atoms with van der Waals surface area (Å²) in [4.78, 5) is 16.0. The van der Waals surface area contributed by atoms with Gasteiger partial charge >= 0.3 is 6.03 Å². The number of rotatable bonds is 4. The molecule has 1 atom stereocenters. The van der Waals surface area contributed by atoms with Crippen molar-refractivity contribution < 1.29 is 18.0 Å². The third kappa shape index (κ3) is 3.97. The van der Waals surface area contributed by atoms with E-state index in [9.17, 15) is 18.0 Å². The maximum absolute atomic E-state index is 13.4. The predicted octanol–water partition coefficient (Wildman–Crippen LogP) is 3.79. The summed E-state index contributed by atoms with van der Waals surface area (Å²) in [6.45, 7) is 4.04. The molecule has 0 aliphatic heterocycles. The molecule has 1 heterocycles. The van der Waals surface area contributed by atoms with Gasteiger partial charge in [-0.1, -0.05) is 6.92 Å². The quantitative estimate of drug-likeness (QED) is 0.839. The maximum atomic E-state index is 13.4. The first kappa shape index (κ1) is 16.3. The summed E-state index contributed by atoms with van der Waals surface area (Å²) in [5.41, 5.74) is 0.481. The number of carbonyl (C=O) groups excluding carboxylic acids is 1. The molecule has 118 valence electrons. The first-order valence-corrected chi connectivity index (χ1v) is 7.36. The van der Waals surface area contributed by atoms with Crippen LogP contribution in [0, 0.1) is 24.4 Å². The molecule has 0 fully saturated rings. The van der Waals surface area contributed by atoms with Crippen molar-refractivity contribution in [2.45, 2.75) is 19.8 Å². The summed E-state index contributed by atoms with van der Waals surface area (Å²) in [5, 5.41) is 7.45. The smallest absolute Gasteiger partial charge is 0.319 e. The fraction of sp³-hybridized carbons (Fsp3) is 0.286. The molecule has 4 nitrogen and oxygen atoms in total. The number of nitrogens with one attached hydrogen (secondary N) is 2. The Kier molecular flexibility index (Phi) is 5.02. The Balaban J connectivity index is 1.92. The van der Waals surface area contributed by atoms with Crippen LogP contribution in [-0.2, 0) is 0 Å². The van der Waals surface area contributed by atoms with E-state index in [0.717, 1.165) is 10.7 Å². The van der Waals surface area contributed by atoms with Crippen molar-refractivity contribution in [2.75, 3.05) is 11.9 Å². The Morgan fingerprint density at radius 3 is 2.59 bits per heavy atom. The number of aromatic nitrogens is 1. The summed E-state index contributed by atoms with van der Waals surface area (Å²) in [6, 6.07) is 0.272. The number of carbonyl (C=O) groups is 1. The van der Waals surface area contributed by atoms with Gasteiger partial charge < -0.3 is 10.6 Å². The minimum Gasteiger partial charge on any atom is -0.337 e. The van der Waals surface area contributed by atoms with Gasteiger partial charge in [0.05, 0.1) is 10.7 Å². The van der Waals surface area contributed by atoms with Crippen LogP contribution in [0.5, 0.6) is 0 Å². The van der Waals surface area contributed by atoms with E-state index in [1.54, 1.807) is 0 Å². The highest BCUT2D eigenvalue weighted by Gasteiger charge is 2.14. The van der Waals surface area contributed by atoms with Gasteiger partial charge in [0.25, 0.3) is 0 Å². The van der Waals surface area contributed by atoms with Crippen LogP contribution in [0.3, 0.4) is 0 Å². The van der Waals surface area contributed by atoms with Crippen LogP contribution < -0.4 is 10.6 Å². The minimum absolute atomic E-state index is 0.0146. The molecule has 0 spiro atoms. The highest BCUT2D eigenvalue weighted by molar-refractivity contribution is 7.09. The van der Waals surface area contributed by atoms with Gasteiger partial charge in [-0.2, -0.15) is 0 Å². The van der Waals surface area contributed by atoms with E-state index in [2.05, 4.69) is 15.6 Å². The molecule has 0 radical (unpaired) electrons. The second kappa shape index (κ2) is 6.78. The number of hydrogen-bond donors (Lipinski definition) is 2. The SMILES string of the molecule is Cc1csc([C@H](C)CNC(=O)Nc2cc(F)c(F)cc2F)n1. The highest BCUT2D eigenvalue weighted by Crippen LogP contribution is 2.20. The van der Waals surface area contributed by atoms with E-state index in [0.29, 0.717) is 12.1 Å². The van der Waals surface area contributed by atoms with Gasteiger partial charge in [-0.25, -0.2) is 22.9 Å². The van der Waals surface area contributed by atoms with Gasteiger partial charge in [0.15, 0.2) is 11.6 Å². The largest absolute Gasteiger partial charge is 0.337 e. The first-order valence-electron chi connectivity index (χ1n) is 6.48. The predicted molar refractivity (Wildman–Crippen MR) is 78.6 cm³/mol. The van der Waals surface area contributed by atoms with Crippen LogP contribution in [0.1, 0.15) is 23.5 Å². The van der Waals surface area contributed by atoms with E-state index in [4.69, 9.17) is 0 Å². The van der Waals surface area contributed by atoms with Crippen molar-refractivity contribution in [2.24, 2.45) is 0 Å². The Hall–Kier alpha value is -2.09. The summed E-state index contributed by atoms with van der Waals surface area (Å²) < 4.78 is 39.2. The van der Waals surface area contributed by atoms with Crippen LogP contribution in [-0.4, -0.2) is 17.6 Å². The Morgan fingerprint density at radius 1 is 1.27 bits per heavy atom. The number of benzene rings is 1. The molecular formula is C14H14F3N3OS. The zero-order valence-electron chi connectivity index (χ0n) is 11.9. The molecule has 2 rings (SSSR count). The number of anilines is 1. The van der Waals surface area contributed by atoms with Gasteiger partial charge in [0.1, 0.15) is 5.82 Å². The van der Waals surface area contributed by atoms with Crippen LogP contribution in [0.4, 0.5) is 23.7 Å². The molecule has 1 aromatic heterocycles. The molecule has 2 N–H and O–H groups in total. The summed E-state index contributed by atoms with van der Waals surface area (Å²) in [7, 11) is 0. The fourth-order valence-corrected chi connectivity index (χ4v) is 2.57. The summed E-state index contributed by atoms with van der Waals surface area (Å²) in [6.07, 6.45) is 0. The minimum atomic E-state index is -1.31. The van der Waals surface area contributed by atoms with E-state index >= 15 is 0 Å². The topological polar surface area (TPSA) is 54.0 Å². The van der Waals surface area contributed by atoms with Crippen molar-refractivity contribution in [1.82, 2.24) is 10.3 Å². The van der Waals surface area contributed by atoms with Crippen molar-refractivity contribution in [1.29, 1.82) is 0 Å². The molecule has 0 saturated carbocycles. The summed E-state index contributed by atoms with van der Waals surface area (Å²) >= 11 is 1.49.